The van der Waals surface area contributed by atoms with Gasteiger partial charge in [-0.25, -0.2) is 4.98 Å². The van der Waals surface area contributed by atoms with Crippen molar-refractivity contribution in [2.75, 3.05) is 39.4 Å². The van der Waals surface area contributed by atoms with Crippen molar-refractivity contribution in [3.8, 4) is 0 Å². The zero-order valence-corrected chi connectivity index (χ0v) is 13.8. The topological polar surface area (TPSA) is 66.4 Å². The molecule has 1 fully saturated rings. The molecule has 0 unspecified atom stereocenters. The van der Waals surface area contributed by atoms with Crippen LogP contribution in [0.5, 0.6) is 0 Å². The first-order chi connectivity index (χ1) is 11.8. The summed E-state index contributed by atoms with van der Waals surface area (Å²) in [7, 11) is 0. The number of aromatic amines is 1. The van der Waals surface area contributed by atoms with Gasteiger partial charge < -0.3 is 19.2 Å². The summed E-state index contributed by atoms with van der Waals surface area (Å²) in [6.07, 6.45) is 4.58. The van der Waals surface area contributed by atoms with Crippen molar-refractivity contribution in [2.45, 2.75) is 19.5 Å². The number of nitrogens with one attached hydrogen (secondary N) is 1. The number of morpholine rings is 1. The van der Waals surface area contributed by atoms with Crippen molar-refractivity contribution in [1.29, 1.82) is 0 Å². The van der Waals surface area contributed by atoms with Crippen LogP contribution >= 0.6 is 0 Å². The fraction of sp³-hybridized carbons (Fsp3) is 0.529. The van der Waals surface area contributed by atoms with E-state index in [9.17, 15) is 4.79 Å². The zero-order valence-electron chi connectivity index (χ0n) is 13.8. The van der Waals surface area contributed by atoms with E-state index in [-0.39, 0.29) is 5.91 Å². The maximum atomic E-state index is 12.5. The van der Waals surface area contributed by atoms with Gasteiger partial charge in [0, 0.05) is 58.1 Å². The lowest BCUT2D eigenvalue weighted by molar-refractivity contribution is 0.0331. The number of imidazole rings is 1. The Bertz CT molecular complexity index is 688. The number of ether oxygens (including phenoxy) is 1. The number of nitrogens with zero attached hydrogens (tertiary/aromatic N) is 4. The lowest BCUT2D eigenvalue weighted by Crippen LogP contribution is -2.36. The summed E-state index contributed by atoms with van der Waals surface area (Å²) in [6.45, 7) is 6.69. The van der Waals surface area contributed by atoms with E-state index < -0.39 is 0 Å². The van der Waals surface area contributed by atoms with Gasteiger partial charge in [-0.1, -0.05) is 0 Å². The standard InChI is InChI=1S/C17H23N5O2/c23-17(15-2-1-4-18-15)21-5-3-16-19-12-14(22(16)7-6-21)13-20-8-10-24-11-9-20/h1-2,4,12,18H,3,5-11,13H2. The Morgan fingerprint density at radius 2 is 2.08 bits per heavy atom. The van der Waals surface area contributed by atoms with Crippen LogP contribution in [0, 0.1) is 0 Å². The fourth-order valence-electron chi connectivity index (χ4n) is 3.45. The normalized spacial score (nSPS) is 19.1. The molecule has 0 atom stereocenters. The van der Waals surface area contributed by atoms with Crippen molar-refractivity contribution in [2.24, 2.45) is 0 Å². The summed E-state index contributed by atoms with van der Waals surface area (Å²) in [5.74, 6) is 1.15. The second-order valence-corrected chi connectivity index (χ2v) is 6.33. The zero-order chi connectivity index (χ0) is 16.4. The highest BCUT2D eigenvalue weighted by atomic mass is 16.5. The molecule has 1 amide bonds. The summed E-state index contributed by atoms with van der Waals surface area (Å²) in [5.41, 5.74) is 1.89. The van der Waals surface area contributed by atoms with E-state index in [0.29, 0.717) is 12.2 Å². The molecule has 24 heavy (non-hydrogen) atoms. The van der Waals surface area contributed by atoms with E-state index in [2.05, 4.69) is 19.4 Å². The van der Waals surface area contributed by atoms with Gasteiger partial charge in [-0.05, 0) is 12.1 Å². The van der Waals surface area contributed by atoms with E-state index >= 15 is 0 Å². The minimum Gasteiger partial charge on any atom is -0.379 e. The summed E-state index contributed by atoms with van der Waals surface area (Å²) < 4.78 is 7.71. The number of hydrogen-bond acceptors (Lipinski definition) is 4. The van der Waals surface area contributed by atoms with E-state index in [1.165, 1.54) is 5.69 Å². The molecule has 2 aromatic rings. The smallest absolute Gasteiger partial charge is 0.270 e. The lowest BCUT2D eigenvalue weighted by atomic mass is 10.3. The number of fused-ring (bicyclic) bond motifs is 1. The maximum absolute atomic E-state index is 12.5. The molecule has 2 aromatic heterocycles. The molecule has 1 N–H and O–H groups in total. The molecule has 0 spiro atoms. The number of carbonyl (C=O) groups excluding carboxylic acids is 1. The van der Waals surface area contributed by atoms with Crippen LogP contribution < -0.4 is 0 Å². The molecule has 0 saturated carbocycles. The van der Waals surface area contributed by atoms with Crippen LogP contribution in [0.25, 0.3) is 0 Å². The lowest BCUT2D eigenvalue weighted by Gasteiger charge is -2.27. The minimum absolute atomic E-state index is 0.0699. The highest BCUT2D eigenvalue weighted by Gasteiger charge is 2.23. The average Bonchev–Trinajstić information content (AvgIpc) is 3.22. The summed E-state index contributed by atoms with van der Waals surface area (Å²) in [4.78, 5) is 24.5. The third-order valence-electron chi connectivity index (χ3n) is 4.82. The SMILES string of the molecule is O=C(c1ccc[nH]1)N1CCc2ncc(CN3CCOCC3)n2CC1. The van der Waals surface area contributed by atoms with Crippen LogP contribution in [0.2, 0.25) is 0 Å². The fourth-order valence-corrected chi connectivity index (χ4v) is 3.45. The van der Waals surface area contributed by atoms with Crippen LogP contribution in [0.3, 0.4) is 0 Å². The molecule has 0 radical (unpaired) electrons. The summed E-state index contributed by atoms with van der Waals surface area (Å²) >= 11 is 0. The molecule has 2 aliphatic rings. The first-order valence-corrected chi connectivity index (χ1v) is 8.57. The molecular weight excluding hydrogens is 306 g/mol. The Kier molecular flexibility index (Phi) is 4.36. The van der Waals surface area contributed by atoms with Crippen LogP contribution in [-0.2, 0) is 24.2 Å². The van der Waals surface area contributed by atoms with Gasteiger partial charge >= 0.3 is 0 Å². The Morgan fingerprint density at radius 1 is 1.21 bits per heavy atom. The number of aromatic nitrogens is 3. The van der Waals surface area contributed by atoms with Crippen molar-refractivity contribution in [3.63, 3.8) is 0 Å². The van der Waals surface area contributed by atoms with Crippen LogP contribution in [0.1, 0.15) is 22.0 Å². The van der Waals surface area contributed by atoms with E-state index in [1.54, 1.807) is 6.20 Å². The van der Waals surface area contributed by atoms with Gasteiger partial charge in [-0.15, -0.1) is 0 Å². The van der Waals surface area contributed by atoms with Gasteiger partial charge in [-0.3, -0.25) is 9.69 Å². The molecule has 0 aromatic carbocycles. The van der Waals surface area contributed by atoms with Gasteiger partial charge in [0.05, 0.1) is 18.9 Å². The average molecular weight is 329 g/mol. The van der Waals surface area contributed by atoms with Crippen LogP contribution in [0.4, 0.5) is 0 Å². The van der Waals surface area contributed by atoms with Crippen LogP contribution in [0.15, 0.2) is 24.5 Å². The minimum atomic E-state index is 0.0699. The number of H-pyrrole nitrogens is 1. The van der Waals surface area contributed by atoms with Crippen molar-refractivity contribution in [3.05, 3.63) is 41.7 Å². The second kappa shape index (κ2) is 6.78. The maximum Gasteiger partial charge on any atom is 0.270 e. The number of carbonyl (C=O) groups is 1. The Hall–Kier alpha value is -2.12. The van der Waals surface area contributed by atoms with E-state index in [4.69, 9.17) is 4.74 Å². The highest BCUT2D eigenvalue weighted by molar-refractivity contribution is 5.92. The quantitative estimate of drug-likeness (QED) is 0.902. The molecule has 0 aliphatic carbocycles. The molecule has 128 valence electrons. The van der Waals surface area contributed by atoms with Gasteiger partial charge in [0.2, 0.25) is 0 Å². The van der Waals surface area contributed by atoms with Gasteiger partial charge in [0.15, 0.2) is 0 Å². The number of rotatable bonds is 3. The molecule has 7 heteroatoms. The first-order valence-electron chi connectivity index (χ1n) is 8.57. The van der Waals surface area contributed by atoms with Crippen molar-refractivity contribution in [1.82, 2.24) is 24.3 Å². The monoisotopic (exact) mass is 329 g/mol. The Labute approximate surface area is 141 Å². The largest absolute Gasteiger partial charge is 0.379 e. The highest BCUT2D eigenvalue weighted by Crippen LogP contribution is 2.15. The second-order valence-electron chi connectivity index (χ2n) is 6.33. The number of hydrogen-bond donors (Lipinski definition) is 1. The van der Waals surface area contributed by atoms with Crippen LogP contribution in [-0.4, -0.2) is 69.6 Å². The molecule has 2 aliphatic heterocycles. The Morgan fingerprint density at radius 3 is 2.88 bits per heavy atom. The molecule has 4 heterocycles. The van der Waals surface area contributed by atoms with Gasteiger partial charge in [-0.2, -0.15) is 0 Å². The van der Waals surface area contributed by atoms with E-state index in [1.807, 2.05) is 23.2 Å². The van der Waals surface area contributed by atoms with Crippen molar-refractivity contribution >= 4 is 5.91 Å². The van der Waals surface area contributed by atoms with Gasteiger partial charge in [0.25, 0.3) is 5.91 Å². The summed E-state index contributed by atoms with van der Waals surface area (Å²) in [6, 6.07) is 3.69. The molecule has 0 bridgehead atoms. The predicted octanol–water partition coefficient (Wildman–Crippen LogP) is 0.742. The predicted molar refractivity (Wildman–Crippen MR) is 88.7 cm³/mol. The molecule has 7 nitrogen and oxygen atoms in total. The third kappa shape index (κ3) is 3.09. The van der Waals surface area contributed by atoms with Crippen molar-refractivity contribution < 1.29 is 9.53 Å². The van der Waals surface area contributed by atoms with Gasteiger partial charge in [0.1, 0.15) is 11.5 Å². The third-order valence-corrected chi connectivity index (χ3v) is 4.82. The molecule has 1 saturated heterocycles. The molecule has 4 rings (SSSR count). The number of amides is 1. The Balaban J connectivity index is 1.44. The van der Waals surface area contributed by atoms with E-state index in [0.717, 1.165) is 58.2 Å². The summed E-state index contributed by atoms with van der Waals surface area (Å²) in [5, 5.41) is 0. The first kappa shape index (κ1) is 15.4. The molecular formula is C17H23N5O2.